The second-order valence-corrected chi connectivity index (χ2v) is 4.84. The van der Waals surface area contributed by atoms with Crippen molar-refractivity contribution < 1.29 is 8.78 Å². The molecular formula is C13H17F2N. The van der Waals surface area contributed by atoms with Gasteiger partial charge in [0.15, 0.2) is 0 Å². The molecule has 1 aromatic rings. The predicted octanol–water partition coefficient (Wildman–Crippen LogP) is 3.34. The van der Waals surface area contributed by atoms with Crippen LogP contribution < -0.4 is 5.73 Å². The zero-order valence-corrected chi connectivity index (χ0v) is 9.47. The van der Waals surface area contributed by atoms with Gasteiger partial charge in [-0.25, -0.2) is 8.78 Å². The number of hydrogen-bond donors (Lipinski definition) is 1. The van der Waals surface area contributed by atoms with Crippen LogP contribution in [-0.4, -0.2) is 5.54 Å². The molecule has 16 heavy (non-hydrogen) atoms. The van der Waals surface area contributed by atoms with Gasteiger partial charge >= 0.3 is 0 Å². The first-order valence-corrected chi connectivity index (χ1v) is 5.78. The summed E-state index contributed by atoms with van der Waals surface area (Å²) in [6.45, 7) is 1.99. The molecule has 1 aromatic carbocycles. The zero-order valence-electron chi connectivity index (χ0n) is 9.47. The Bertz CT molecular complexity index is 386. The first kappa shape index (κ1) is 11.5. The number of hydrogen-bond acceptors (Lipinski definition) is 1. The van der Waals surface area contributed by atoms with Crippen molar-refractivity contribution >= 4 is 0 Å². The molecule has 1 unspecified atom stereocenters. The fraction of sp³-hybridized carbons (Fsp3) is 0.538. The summed E-state index contributed by atoms with van der Waals surface area (Å²) in [4.78, 5) is 0. The summed E-state index contributed by atoms with van der Waals surface area (Å²) in [5.41, 5.74) is 6.38. The van der Waals surface area contributed by atoms with Gasteiger partial charge in [-0.1, -0.05) is 6.92 Å². The molecule has 2 N–H and O–H groups in total. The average molecular weight is 225 g/mol. The predicted molar refractivity (Wildman–Crippen MR) is 60.2 cm³/mol. The Hall–Kier alpha value is -0.960. The molecule has 1 aliphatic carbocycles. The van der Waals surface area contributed by atoms with Crippen molar-refractivity contribution in [2.75, 3.05) is 0 Å². The summed E-state index contributed by atoms with van der Waals surface area (Å²) < 4.78 is 26.7. The van der Waals surface area contributed by atoms with Crippen molar-refractivity contribution in [3.05, 3.63) is 35.4 Å². The summed E-state index contributed by atoms with van der Waals surface area (Å²) in [6, 6.07) is 3.65. The molecule has 1 fully saturated rings. The van der Waals surface area contributed by atoms with Gasteiger partial charge in [-0.3, -0.25) is 0 Å². The second-order valence-electron chi connectivity index (χ2n) is 4.84. The summed E-state index contributed by atoms with van der Waals surface area (Å²) in [6.07, 6.45) is 3.55. The lowest BCUT2D eigenvalue weighted by Crippen LogP contribution is -2.24. The van der Waals surface area contributed by atoms with E-state index in [-0.39, 0.29) is 23.1 Å². The van der Waals surface area contributed by atoms with Crippen LogP contribution >= 0.6 is 0 Å². The Morgan fingerprint density at radius 1 is 1.38 bits per heavy atom. The fourth-order valence-corrected chi connectivity index (χ4v) is 2.16. The molecule has 1 aliphatic rings. The number of nitrogens with two attached hydrogens (primary N) is 1. The molecule has 0 amide bonds. The Morgan fingerprint density at radius 2 is 2.06 bits per heavy atom. The lowest BCUT2D eigenvalue weighted by molar-refractivity contribution is 0.478. The molecular weight excluding hydrogens is 208 g/mol. The van der Waals surface area contributed by atoms with Gasteiger partial charge in [0.2, 0.25) is 0 Å². The first-order chi connectivity index (χ1) is 7.54. The van der Waals surface area contributed by atoms with Gasteiger partial charge in [0.05, 0.1) is 0 Å². The molecule has 0 radical (unpaired) electrons. The van der Waals surface area contributed by atoms with Crippen LogP contribution in [0.5, 0.6) is 0 Å². The number of benzene rings is 1. The molecule has 2 rings (SSSR count). The molecule has 88 valence electrons. The van der Waals surface area contributed by atoms with Gasteiger partial charge in [-0.05, 0) is 55.4 Å². The molecule has 0 aliphatic heterocycles. The quantitative estimate of drug-likeness (QED) is 0.835. The van der Waals surface area contributed by atoms with Gasteiger partial charge in [0.1, 0.15) is 11.6 Å². The van der Waals surface area contributed by atoms with Crippen molar-refractivity contribution in [1.82, 2.24) is 0 Å². The minimum atomic E-state index is -0.378. The molecule has 1 nitrogen and oxygen atoms in total. The highest BCUT2D eigenvalue weighted by Crippen LogP contribution is 2.42. The molecule has 0 heterocycles. The lowest BCUT2D eigenvalue weighted by Gasteiger charge is -2.20. The minimum Gasteiger partial charge on any atom is -0.325 e. The Labute approximate surface area is 94.7 Å². The van der Waals surface area contributed by atoms with Crippen molar-refractivity contribution in [1.29, 1.82) is 0 Å². The summed E-state index contributed by atoms with van der Waals surface area (Å²) in [5.74, 6) is -0.669. The Balaban J connectivity index is 2.21. The monoisotopic (exact) mass is 225 g/mol. The average Bonchev–Trinajstić information content (AvgIpc) is 2.97. The van der Waals surface area contributed by atoms with Crippen molar-refractivity contribution in [3.8, 4) is 0 Å². The maximum Gasteiger partial charge on any atom is 0.126 e. The molecule has 1 atom stereocenters. The van der Waals surface area contributed by atoms with E-state index in [0.717, 1.165) is 31.7 Å². The lowest BCUT2D eigenvalue weighted by atomic mass is 9.88. The van der Waals surface area contributed by atoms with Crippen LogP contribution in [0.4, 0.5) is 8.78 Å². The molecule has 0 saturated heterocycles. The Kier molecular flexibility index (Phi) is 2.98. The largest absolute Gasteiger partial charge is 0.325 e. The summed E-state index contributed by atoms with van der Waals surface area (Å²) in [7, 11) is 0. The molecule has 0 spiro atoms. The molecule has 1 saturated carbocycles. The van der Waals surface area contributed by atoms with E-state index in [1.54, 1.807) is 0 Å². The van der Waals surface area contributed by atoms with E-state index in [9.17, 15) is 8.78 Å². The van der Waals surface area contributed by atoms with Crippen molar-refractivity contribution in [3.63, 3.8) is 0 Å². The SMILES string of the molecule is CCC(CC1(N)CC1)c1cc(F)ccc1F. The highest BCUT2D eigenvalue weighted by atomic mass is 19.1. The van der Waals surface area contributed by atoms with E-state index < -0.39 is 0 Å². The molecule has 0 bridgehead atoms. The topological polar surface area (TPSA) is 26.0 Å². The third-order valence-electron chi connectivity index (χ3n) is 3.44. The third-order valence-corrected chi connectivity index (χ3v) is 3.44. The van der Waals surface area contributed by atoms with Gasteiger partial charge in [0, 0.05) is 5.54 Å². The van der Waals surface area contributed by atoms with Crippen molar-refractivity contribution in [2.45, 2.75) is 44.1 Å². The highest BCUT2D eigenvalue weighted by Gasteiger charge is 2.40. The van der Waals surface area contributed by atoms with E-state index in [1.807, 2.05) is 6.92 Å². The minimum absolute atomic E-state index is 0.0307. The normalized spacial score (nSPS) is 19.5. The Morgan fingerprint density at radius 3 is 2.62 bits per heavy atom. The van der Waals surface area contributed by atoms with Gasteiger partial charge in [0.25, 0.3) is 0 Å². The summed E-state index contributed by atoms with van der Waals surface area (Å²) in [5, 5.41) is 0. The standard InChI is InChI=1S/C13H17F2N/c1-2-9(8-13(16)5-6-13)11-7-10(14)3-4-12(11)15/h3-4,7,9H,2,5-6,8,16H2,1H3. The van der Waals surface area contributed by atoms with E-state index in [4.69, 9.17) is 5.73 Å². The van der Waals surface area contributed by atoms with Crippen LogP contribution in [0.3, 0.4) is 0 Å². The van der Waals surface area contributed by atoms with Crippen molar-refractivity contribution in [2.24, 2.45) is 5.73 Å². The van der Waals surface area contributed by atoms with E-state index >= 15 is 0 Å². The highest BCUT2D eigenvalue weighted by molar-refractivity contribution is 5.24. The van der Waals surface area contributed by atoms with Crippen LogP contribution in [0.15, 0.2) is 18.2 Å². The number of rotatable bonds is 4. The maximum absolute atomic E-state index is 13.6. The van der Waals surface area contributed by atoms with Crippen LogP contribution in [0, 0.1) is 11.6 Å². The van der Waals surface area contributed by atoms with E-state index in [0.29, 0.717) is 5.56 Å². The third kappa shape index (κ3) is 2.40. The van der Waals surface area contributed by atoms with Crippen LogP contribution in [0.1, 0.15) is 44.1 Å². The first-order valence-electron chi connectivity index (χ1n) is 5.78. The van der Waals surface area contributed by atoms with Crippen LogP contribution in [-0.2, 0) is 0 Å². The second kappa shape index (κ2) is 4.13. The number of halogens is 2. The van der Waals surface area contributed by atoms with Crippen LogP contribution in [0.2, 0.25) is 0 Å². The fourth-order valence-electron chi connectivity index (χ4n) is 2.16. The smallest absolute Gasteiger partial charge is 0.126 e. The summed E-state index contributed by atoms with van der Waals surface area (Å²) >= 11 is 0. The molecule has 3 heteroatoms. The van der Waals surface area contributed by atoms with E-state index in [1.165, 1.54) is 12.1 Å². The molecule has 0 aromatic heterocycles. The van der Waals surface area contributed by atoms with E-state index in [2.05, 4.69) is 0 Å². The van der Waals surface area contributed by atoms with Gasteiger partial charge in [-0.2, -0.15) is 0 Å². The van der Waals surface area contributed by atoms with Gasteiger partial charge in [-0.15, -0.1) is 0 Å². The zero-order chi connectivity index (χ0) is 11.8. The van der Waals surface area contributed by atoms with Crippen LogP contribution in [0.25, 0.3) is 0 Å². The van der Waals surface area contributed by atoms with Gasteiger partial charge < -0.3 is 5.73 Å². The maximum atomic E-state index is 13.6.